The standard InChI is InChI=1S/C2H5ClO.2C2H6/c1-4-2-3;2*1-2/h2H2,1H3;2*1-2H3. The molecule has 0 aliphatic heterocycles. The number of rotatable bonds is 1. The molecule has 0 unspecified atom stereocenters. The second kappa shape index (κ2) is 55.9. The first-order chi connectivity index (χ1) is 3.91. The quantitative estimate of drug-likeness (QED) is 0.509. The summed E-state index contributed by atoms with van der Waals surface area (Å²) in [6, 6.07) is 0.292. The smallest absolute Gasteiger partial charge is 0.120 e. The van der Waals surface area contributed by atoms with Gasteiger partial charge >= 0.3 is 0 Å². The zero-order chi connectivity index (χ0) is 7.41. The van der Waals surface area contributed by atoms with Crippen LogP contribution in [0.15, 0.2) is 0 Å². The molecule has 0 aromatic heterocycles. The van der Waals surface area contributed by atoms with Crippen LogP contribution in [0.2, 0.25) is 0 Å². The van der Waals surface area contributed by atoms with Crippen molar-refractivity contribution >= 4 is 11.6 Å². The van der Waals surface area contributed by atoms with E-state index in [-0.39, 0.29) is 0 Å². The molecule has 2 heteroatoms. The van der Waals surface area contributed by atoms with E-state index in [1.807, 2.05) is 27.7 Å². The summed E-state index contributed by atoms with van der Waals surface area (Å²) in [5, 5.41) is 0. The van der Waals surface area contributed by atoms with Gasteiger partial charge < -0.3 is 4.74 Å². The Morgan fingerprint density at radius 2 is 1.25 bits per heavy atom. The van der Waals surface area contributed by atoms with E-state index in [9.17, 15) is 0 Å². The predicted octanol–water partition coefficient (Wildman–Crippen LogP) is 2.88. The van der Waals surface area contributed by atoms with E-state index in [2.05, 4.69) is 4.74 Å². The highest BCUT2D eigenvalue weighted by atomic mass is 35.5. The molecule has 0 aromatic carbocycles. The van der Waals surface area contributed by atoms with Crippen molar-refractivity contribution in [2.75, 3.05) is 13.2 Å². The molecule has 0 atom stereocenters. The molecule has 0 aromatic rings. The van der Waals surface area contributed by atoms with Gasteiger partial charge in [0.15, 0.2) is 0 Å². The van der Waals surface area contributed by atoms with Crippen LogP contribution in [0.5, 0.6) is 0 Å². The average Bonchev–Trinajstić information content (AvgIpc) is 1.96. The van der Waals surface area contributed by atoms with Crippen LogP contribution in [0.4, 0.5) is 0 Å². The third kappa shape index (κ3) is 110. The SMILES string of the molecule is CC.CC.COCCl. The number of hydrogen-bond acceptors (Lipinski definition) is 1. The summed E-state index contributed by atoms with van der Waals surface area (Å²) in [6.45, 7) is 8.00. The molecular formula is C6H17ClO. The Balaban J connectivity index is -0.0000000542. The van der Waals surface area contributed by atoms with Gasteiger partial charge in [0.1, 0.15) is 6.07 Å². The minimum Gasteiger partial charge on any atom is -0.369 e. The second-order valence-corrected chi connectivity index (χ2v) is 0.616. The molecule has 0 rings (SSSR count). The Hall–Kier alpha value is 0.250. The molecule has 0 fully saturated rings. The van der Waals surface area contributed by atoms with Crippen molar-refractivity contribution in [1.82, 2.24) is 0 Å². The molecule has 0 aliphatic carbocycles. The van der Waals surface area contributed by atoms with Crippen LogP contribution in [-0.4, -0.2) is 13.2 Å². The van der Waals surface area contributed by atoms with Gasteiger partial charge in [-0.3, -0.25) is 0 Å². The third-order valence-electron chi connectivity index (χ3n) is 0.109. The fourth-order valence-corrected chi connectivity index (χ4v) is 0. The minimum absolute atomic E-state index is 0.292. The molecule has 0 amide bonds. The summed E-state index contributed by atoms with van der Waals surface area (Å²) < 4.78 is 4.31. The lowest BCUT2D eigenvalue weighted by Crippen LogP contribution is -1.68. The van der Waals surface area contributed by atoms with Gasteiger partial charge in [-0.15, -0.1) is 0 Å². The monoisotopic (exact) mass is 140 g/mol. The Bertz CT molecular complexity index is 10.5. The molecule has 1 nitrogen and oxygen atoms in total. The third-order valence-corrected chi connectivity index (χ3v) is 0.327. The second-order valence-electron chi connectivity index (χ2n) is 0.398. The number of ether oxygens (including phenoxy) is 1. The molecule has 0 saturated heterocycles. The van der Waals surface area contributed by atoms with Crippen molar-refractivity contribution in [2.24, 2.45) is 0 Å². The average molecular weight is 141 g/mol. The maximum Gasteiger partial charge on any atom is 0.120 e. The largest absolute Gasteiger partial charge is 0.369 e. The van der Waals surface area contributed by atoms with Gasteiger partial charge in [0, 0.05) is 7.11 Å². The van der Waals surface area contributed by atoms with E-state index < -0.39 is 0 Å². The van der Waals surface area contributed by atoms with Crippen LogP contribution in [0.25, 0.3) is 0 Å². The first-order valence-electron chi connectivity index (χ1n) is 2.96. The highest BCUT2D eigenvalue weighted by Gasteiger charge is 1.54. The zero-order valence-electron chi connectivity index (χ0n) is 6.49. The lowest BCUT2D eigenvalue weighted by Gasteiger charge is -1.74. The molecule has 0 radical (unpaired) electrons. The summed E-state index contributed by atoms with van der Waals surface area (Å²) >= 11 is 4.96. The Morgan fingerprint density at radius 1 is 1.12 bits per heavy atom. The molecule has 0 N–H and O–H groups in total. The molecule has 0 bridgehead atoms. The first-order valence-corrected chi connectivity index (χ1v) is 3.50. The fraction of sp³-hybridized carbons (Fsp3) is 1.00. The Morgan fingerprint density at radius 3 is 1.25 bits per heavy atom. The predicted molar refractivity (Wildman–Crippen MR) is 40.4 cm³/mol. The van der Waals surface area contributed by atoms with Gasteiger partial charge in [0.2, 0.25) is 0 Å². The summed E-state index contributed by atoms with van der Waals surface area (Å²) in [5.74, 6) is 0. The van der Waals surface area contributed by atoms with Gasteiger partial charge in [-0.2, -0.15) is 0 Å². The van der Waals surface area contributed by atoms with Crippen LogP contribution in [0, 0.1) is 0 Å². The van der Waals surface area contributed by atoms with E-state index in [0.29, 0.717) is 6.07 Å². The van der Waals surface area contributed by atoms with Crippen molar-refractivity contribution in [1.29, 1.82) is 0 Å². The van der Waals surface area contributed by atoms with Crippen LogP contribution >= 0.6 is 11.6 Å². The van der Waals surface area contributed by atoms with Gasteiger partial charge in [0.25, 0.3) is 0 Å². The first kappa shape index (κ1) is 15.7. The molecule has 54 valence electrons. The van der Waals surface area contributed by atoms with Crippen LogP contribution in [-0.2, 0) is 4.74 Å². The van der Waals surface area contributed by atoms with E-state index in [1.54, 1.807) is 7.11 Å². The van der Waals surface area contributed by atoms with E-state index in [1.165, 1.54) is 0 Å². The molecule has 0 saturated carbocycles. The Kier molecular flexibility index (Phi) is 110. The lowest BCUT2D eigenvalue weighted by molar-refractivity contribution is 0.254. The summed E-state index contributed by atoms with van der Waals surface area (Å²) in [5.41, 5.74) is 0. The fourth-order valence-electron chi connectivity index (χ4n) is 0. The molecular weight excluding hydrogens is 124 g/mol. The van der Waals surface area contributed by atoms with E-state index in [0.717, 1.165) is 0 Å². The number of methoxy groups -OCH3 is 1. The molecule has 0 aliphatic rings. The van der Waals surface area contributed by atoms with Crippen molar-refractivity contribution in [3.05, 3.63) is 0 Å². The van der Waals surface area contributed by atoms with Crippen molar-refractivity contribution in [3.63, 3.8) is 0 Å². The van der Waals surface area contributed by atoms with Crippen molar-refractivity contribution < 1.29 is 4.74 Å². The lowest BCUT2D eigenvalue weighted by atomic mass is 11.0. The van der Waals surface area contributed by atoms with Gasteiger partial charge in [0.05, 0.1) is 0 Å². The maximum absolute atomic E-state index is 4.96. The van der Waals surface area contributed by atoms with E-state index >= 15 is 0 Å². The van der Waals surface area contributed by atoms with Crippen LogP contribution in [0.1, 0.15) is 27.7 Å². The van der Waals surface area contributed by atoms with Crippen LogP contribution < -0.4 is 0 Å². The van der Waals surface area contributed by atoms with Gasteiger partial charge in [-0.25, -0.2) is 0 Å². The van der Waals surface area contributed by atoms with Gasteiger partial charge in [-0.1, -0.05) is 39.3 Å². The molecule has 0 spiro atoms. The highest BCUT2D eigenvalue weighted by molar-refractivity contribution is 6.17. The number of halogens is 1. The topological polar surface area (TPSA) is 9.23 Å². The highest BCUT2D eigenvalue weighted by Crippen LogP contribution is 1.66. The van der Waals surface area contributed by atoms with E-state index in [4.69, 9.17) is 11.6 Å². The van der Waals surface area contributed by atoms with Crippen LogP contribution in [0.3, 0.4) is 0 Å². The van der Waals surface area contributed by atoms with Crippen molar-refractivity contribution in [2.45, 2.75) is 27.7 Å². The molecule has 0 heterocycles. The zero-order valence-corrected chi connectivity index (χ0v) is 7.25. The number of hydrogen-bond donors (Lipinski definition) is 0. The summed E-state index contributed by atoms with van der Waals surface area (Å²) in [4.78, 5) is 0. The number of alkyl halides is 1. The molecule has 8 heavy (non-hydrogen) atoms. The normalized spacial score (nSPS) is 5.25. The van der Waals surface area contributed by atoms with Crippen molar-refractivity contribution in [3.8, 4) is 0 Å². The summed E-state index contributed by atoms with van der Waals surface area (Å²) in [6.07, 6.45) is 0. The summed E-state index contributed by atoms with van der Waals surface area (Å²) in [7, 11) is 1.55. The van der Waals surface area contributed by atoms with Gasteiger partial charge in [-0.05, 0) is 0 Å². The minimum atomic E-state index is 0.292. The Labute approximate surface area is 58.0 Å². The maximum atomic E-state index is 4.96.